The monoisotopic (exact) mass is 238 g/mol. The van der Waals surface area contributed by atoms with E-state index >= 15 is 0 Å². The van der Waals surface area contributed by atoms with Gasteiger partial charge in [-0.1, -0.05) is 0 Å². The van der Waals surface area contributed by atoms with E-state index in [4.69, 9.17) is 4.74 Å². The van der Waals surface area contributed by atoms with Crippen LogP contribution in [0.4, 0.5) is 11.4 Å². The minimum atomic E-state index is -0.522. The molecule has 0 amide bonds. The Balaban J connectivity index is 2.99. The van der Waals surface area contributed by atoms with Crippen LogP contribution in [0.1, 0.15) is 10.4 Å². The molecule has 0 saturated carbocycles. The fraction of sp³-hybridized carbons (Fsp3) is 0.364. The highest BCUT2D eigenvalue weighted by Crippen LogP contribution is 2.23. The summed E-state index contributed by atoms with van der Waals surface area (Å²) in [6.45, 7) is 1.13. The third-order valence-corrected chi connectivity index (χ3v) is 2.39. The number of hydrogen-bond acceptors (Lipinski definition) is 5. The number of benzene rings is 1. The molecular formula is C11H14N2O4. The van der Waals surface area contributed by atoms with E-state index in [0.717, 1.165) is 0 Å². The van der Waals surface area contributed by atoms with Gasteiger partial charge in [0.05, 0.1) is 11.5 Å². The molecule has 0 bridgehead atoms. The minimum absolute atomic E-state index is 0.0870. The Morgan fingerprint density at radius 1 is 1.53 bits per heavy atom. The Labute approximate surface area is 98.9 Å². The lowest BCUT2D eigenvalue weighted by Gasteiger charge is -2.20. The van der Waals surface area contributed by atoms with Crippen LogP contribution in [-0.4, -0.2) is 38.5 Å². The van der Waals surface area contributed by atoms with Crippen molar-refractivity contribution in [3.63, 3.8) is 0 Å². The predicted molar refractivity (Wildman–Crippen MR) is 63.6 cm³/mol. The summed E-state index contributed by atoms with van der Waals surface area (Å²) in [5, 5.41) is 10.6. The van der Waals surface area contributed by atoms with Crippen molar-refractivity contribution in [2.24, 2.45) is 0 Å². The summed E-state index contributed by atoms with van der Waals surface area (Å²) >= 11 is 0. The number of nitrogens with zero attached hydrogens (tertiary/aromatic N) is 2. The molecular weight excluding hydrogens is 224 g/mol. The summed E-state index contributed by atoms with van der Waals surface area (Å²) in [7, 11) is 3.39. The van der Waals surface area contributed by atoms with Crippen molar-refractivity contribution in [2.45, 2.75) is 0 Å². The summed E-state index contributed by atoms with van der Waals surface area (Å²) in [6.07, 6.45) is 0.617. The van der Waals surface area contributed by atoms with Gasteiger partial charge in [0.25, 0.3) is 5.69 Å². The zero-order valence-corrected chi connectivity index (χ0v) is 9.75. The van der Waals surface area contributed by atoms with Crippen molar-refractivity contribution in [3.05, 3.63) is 33.9 Å². The van der Waals surface area contributed by atoms with Gasteiger partial charge in [-0.3, -0.25) is 14.9 Å². The third-order valence-electron chi connectivity index (χ3n) is 2.39. The maximum atomic E-state index is 10.9. The van der Waals surface area contributed by atoms with Gasteiger partial charge in [-0.25, -0.2) is 0 Å². The van der Waals surface area contributed by atoms with Gasteiger partial charge < -0.3 is 9.64 Å². The maximum absolute atomic E-state index is 10.9. The zero-order chi connectivity index (χ0) is 12.8. The van der Waals surface area contributed by atoms with Crippen LogP contribution in [0, 0.1) is 10.1 Å². The molecule has 17 heavy (non-hydrogen) atoms. The molecule has 0 saturated heterocycles. The molecule has 0 aliphatic heterocycles. The Hall–Kier alpha value is -1.95. The Morgan fingerprint density at radius 2 is 2.24 bits per heavy atom. The second kappa shape index (κ2) is 5.95. The smallest absolute Gasteiger partial charge is 0.270 e. The average Bonchev–Trinajstić information content (AvgIpc) is 2.34. The number of carbonyl (C=O) groups excluding carboxylic acids is 1. The van der Waals surface area contributed by atoms with Crippen LogP contribution in [0.3, 0.4) is 0 Å². The fourth-order valence-corrected chi connectivity index (χ4v) is 1.45. The molecule has 6 heteroatoms. The largest absolute Gasteiger partial charge is 0.383 e. The summed E-state index contributed by atoms with van der Waals surface area (Å²) < 4.78 is 4.93. The predicted octanol–water partition coefficient (Wildman–Crippen LogP) is 1.49. The fourth-order valence-electron chi connectivity index (χ4n) is 1.45. The molecule has 0 heterocycles. The van der Waals surface area contributed by atoms with E-state index in [1.165, 1.54) is 12.1 Å². The van der Waals surface area contributed by atoms with Crippen LogP contribution < -0.4 is 4.90 Å². The number of nitro benzene ring substituents is 1. The van der Waals surface area contributed by atoms with Crippen LogP contribution in [-0.2, 0) is 4.74 Å². The van der Waals surface area contributed by atoms with Crippen molar-refractivity contribution in [3.8, 4) is 0 Å². The second-order valence-electron chi connectivity index (χ2n) is 3.53. The van der Waals surface area contributed by atoms with Gasteiger partial charge in [0, 0.05) is 44.1 Å². The van der Waals surface area contributed by atoms with Crippen LogP contribution in [0.5, 0.6) is 0 Å². The molecule has 0 unspecified atom stereocenters. The van der Waals surface area contributed by atoms with Gasteiger partial charge in [0.1, 0.15) is 0 Å². The first-order chi connectivity index (χ1) is 8.10. The number of nitro groups is 1. The van der Waals surface area contributed by atoms with E-state index < -0.39 is 4.92 Å². The average molecular weight is 238 g/mol. The number of likely N-dealkylation sites (N-methyl/N-ethyl adjacent to an activating group) is 1. The van der Waals surface area contributed by atoms with Crippen molar-refractivity contribution < 1.29 is 14.5 Å². The number of anilines is 1. The number of rotatable bonds is 6. The number of non-ortho nitro benzene ring substituents is 1. The molecule has 0 N–H and O–H groups in total. The Bertz CT molecular complexity index is 420. The van der Waals surface area contributed by atoms with Crippen molar-refractivity contribution in [2.75, 3.05) is 32.2 Å². The van der Waals surface area contributed by atoms with Crippen LogP contribution in [0.25, 0.3) is 0 Å². The first kappa shape index (κ1) is 13.1. The Kier molecular flexibility index (Phi) is 4.59. The molecule has 0 aromatic heterocycles. The van der Waals surface area contributed by atoms with Gasteiger partial charge in [-0.05, 0) is 6.07 Å². The molecule has 0 atom stereocenters. The number of methoxy groups -OCH3 is 1. The lowest BCUT2D eigenvalue weighted by Crippen LogP contribution is -2.23. The molecule has 0 aliphatic carbocycles. The van der Waals surface area contributed by atoms with Crippen LogP contribution in [0.2, 0.25) is 0 Å². The van der Waals surface area contributed by atoms with E-state index in [0.29, 0.717) is 30.7 Å². The van der Waals surface area contributed by atoms with Gasteiger partial charge in [0.2, 0.25) is 0 Å². The number of aldehydes is 1. The summed E-state index contributed by atoms with van der Waals surface area (Å²) in [6, 6.07) is 4.22. The number of hydrogen-bond donors (Lipinski definition) is 0. The van der Waals surface area contributed by atoms with Gasteiger partial charge in [0.15, 0.2) is 6.29 Å². The quantitative estimate of drug-likeness (QED) is 0.426. The molecule has 1 aromatic carbocycles. The molecule has 0 fully saturated rings. The molecule has 0 radical (unpaired) electrons. The molecule has 6 nitrogen and oxygen atoms in total. The van der Waals surface area contributed by atoms with Crippen LogP contribution in [0.15, 0.2) is 18.2 Å². The third kappa shape index (κ3) is 3.25. The SMILES string of the molecule is COCCN(C)c1ccc([N+](=O)[O-])cc1C=O. The summed E-state index contributed by atoms with van der Waals surface area (Å²) in [4.78, 5) is 22.8. The van der Waals surface area contributed by atoms with Crippen LogP contribution >= 0.6 is 0 Å². The highest BCUT2D eigenvalue weighted by atomic mass is 16.6. The molecule has 92 valence electrons. The van der Waals surface area contributed by atoms with Gasteiger partial charge >= 0.3 is 0 Å². The van der Waals surface area contributed by atoms with Crippen molar-refractivity contribution in [1.29, 1.82) is 0 Å². The summed E-state index contributed by atoms with van der Waals surface area (Å²) in [5.74, 6) is 0. The molecule has 0 spiro atoms. The van der Waals surface area contributed by atoms with Gasteiger partial charge in [-0.2, -0.15) is 0 Å². The normalized spacial score (nSPS) is 10.0. The standard InChI is InChI=1S/C11H14N2O4/c1-12(5-6-17-2)11-4-3-10(13(15)16)7-9(11)8-14/h3-4,7-8H,5-6H2,1-2H3. The highest BCUT2D eigenvalue weighted by Gasteiger charge is 2.12. The van der Waals surface area contributed by atoms with E-state index in [2.05, 4.69) is 0 Å². The molecule has 1 rings (SSSR count). The minimum Gasteiger partial charge on any atom is -0.383 e. The van der Waals surface area contributed by atoms with Gasteiger partial charge in [-0.15, -0.1) is 0 Å². The van der Waals surface area contributed by atoms with E-state index in [-0.39, 0.29) is 5.69 Å². The van der Waals surface area contributed by atoms with E-state index in [9.17, 15) is 14.9 Å². The van der Waals surface area contributed by atoms with Crippen molar-refractivity contribution >= 4 is 17.7 Å². The number of carbonyl (C=O) groups is 1. The lowest BCUT2D eigenvalue weighted by atomic mass is 10.1. The molecule has 0 aliphatic rings. The Morgan fingerprint density at radius 3 is 2.76 bits per heavy atom. The van der Waals surface area contributed by atoms with Crippen molar-refractivity contribution in [1.82, 2.24) is 0 Å². The molecule has 1 aromatic rings. The van der Waals surface area contributed by atoms with E-state index in [1.54, 1.807) is 20.2 Å². The first-order valence-electron chi connectivity index (χ1n) is 5.04. The van der Waals surface area contributed by atoms with E-state index in [1.807, 2.05) is 4.90 Å². The second-order valence-corrected chi connectivity index (χ2v) is 3.53. The zero-order valence-electron chi connectivity index (χ0n) is 9.75. The number of ether oxygens (including phenoxy) is 1. The first-order valence-corrected chi connectivity index (χ1v) is 5.04. The lowest BCUT2D eigenvalue weighted by molar-refractivity contribution is -0.384. The topological polar surface area (TPSA) is 72.7 Å². The highest BCUT2D eigenvalue weighted by molar-refractivity contribution is 5.85. The summed E-state index contributed by atoms with van der Waals surface area (Å²) in [5.41, 5.74) is 0.872. The maximum Gasteiger partial charge on any atom is 0.270 e.